The molecule has 1 aromatic rings. The summed E-state index contributed by atoms with van der Waals surface area (Å²) in [5, 5.41) is 2.94. The van der Waals surface area contributed by atoms with Gasteiger partial charge in [-0.05, 0) is 59.1 Å². The van der Waals surface area contributed by atoms with Crippen LogP contribution in [0.4, 0.5) is 10.5 Å². The van der Waals surface area contributed by atoms with Gasteiger partial charge in [0.1, 0.15) is 5.60 Å². The van der Waals surface area contributed by atoms with Crippen molar-refractivity contribution in [2.45, 2.75) is 59.1 Å². The number of carbonyl (C=O) groups excluding carboxylic acids is 2. The fraction of sp³-hybridized carbons (Fsp3) is 0.611. The monoisotopic (exact) mass is 333 g/mol. The largest absolute Gasteiger partial charge is 0.444 e. The van der Waals surface area contributed by atoms with Gasteiger partial charge in [-0.15, -0.1) is 0 Å². The average molecular weight is 333 g/mol. The second-order valence-electron chi connectivity index (χ2n) is 7.34. The van der Waals surface area contributed by atoms with Crippen molar-refractivity contribution >= 4 is 17.7 Å². The molecule has 2 amide bonds. The summed E-state index contributed by atoms with van der Waals surface area (Å²) in [4.78, 5) is 30.7. The molecule has 0 aliphatic carbocycles. The van der Waals surface area contributed by atoms with Crippen LogP contribution in [0, 0.1) is 12.8 Å². The van der Waals surface area contributed by atoms with Crippen LogP contribution in [0.3, 0.4) is 0 Å². The lowest BCUT2D eigenvalue weighted by molar-refractivity contribution is -0.123. The molecule has 24 heavy (non-hydrogen) atoms. The Labute approximate surface area is 143 Å². The summed E-state index contributed by atoms with van der Waals surface area (Å²) in [7, 11) is 0. The predicted octanol–water partition coefficient (Wildman–Crippen LogP) is 3.36. The quantitative estimate of drug-likeness (QED) is 0.901. The van der Waals surface area contributed by atoms with Gasteiger partial charge in [-0.2, -0.15) is 0 Å². The van der Waals surface area contributed by atoms with Gasteiger partial charge in [0, 0.05) is 18.8 Å². The third kappa shape index (κ3) is 4.46. The van der Waals surface area contributed by atoms with Gasteiger partial charge in [-0.1, -0.05) is 0 Å². The van der Waals surface area contributed by atoms with E-state index in [1.807, 2.05) is 40.7 Å². The second-order valence-corrected chi connectivity index (χ2v) is 7.34. The number of piperidine rings is 1. The highest BCUT2D eigenvalue weighted by atomic mass is 16.6. The van der Waals surface area contributed by atoms with E-state index in [1.54, 1.807) is 17.3 Å². The van der Waals surface area contributed by atoms with E-state index in [1.165, 1.54) is 0 Å². The number of nitrogens with one attached hydrogen (secondary N) is 1. The van der Waals surface area contributed by atoms with Crippen molar-refractivity contribution in [2.75, 3.05) is 11.9 Å². The molecule has 0 aromatic carbocycles. The number of ether oxygens (including phenoxy) is 1. The van der Waals surface area contributed by atoms with E-state index in [4.69, 9.17) is 4.74 Å². The molecule has 0 saturated carbocycles. The lowest BCUT2D eigenvalue weighted by Crippen LogP contribution is -2.51. The number of amides is 2. The van der Waals surface area contributed by atoms with Crippen LogP contribution in [0.2, 0.25) is 0 Å². The molecule has 0 radical (unpaired) electrons. The maximum atomic E-state index is 12.7. The summed E-state index contributed by atoms with van der Waals surface area (Å²) in [6, 6.07) is 1.65. The molecule has 1 N–H and O–H groups in total. The molecule has 132 valence electrons. The molecule has 0 bridgehead atoms. The molecule has 2 rings (SSSR count). The fourth-order valence-electron chi connectivity index (χ4n) is 2.89. The lowest BCUT2D eigenvalue weighted by Gasteiger charge is -2.39. The summed E-state index contributed by atoms with van der Waals surface area (Å²) in [6.07, 6.45) is 4.52. The van der Waals surface area contributed by atoms with Crippen LogP contribution in [0.5, 0.6) is 0 Å². The predicted molar refractivity (Wildman–Crippen MR) is 92.7 cm³/mol. The van der Waals surface area contributed by atoms with Crippen molar-refractivity contribution in [2.24, 2.45) is 5.92 Å². The Hall–Kier alpha value is -2.11. The Morgan fingerprint density at radius 1 is 1.38 bits per heavy atom. The van der Waals surface area contributed by atoms with Crippen LogP contribution in [-0.4, -0.2) is 40.1 Å². The van der Waals surface area contributed by atoms with E-state index < -0.39 is 5.60 Å². The SMILES string of the molecule is Cc1ccncc1NC(=O)[C@@H]1CCCN(C(=O)OC(C)(C)C)[C@@H]1C. The van der Waals surface area contributed by atoms with Crippen LogP contribution in [0.25, 0.3) is 0 Å². The topological polar surface area (TPSA) is 71.5 Å². The molecule has 1 aliphatic rings. The average Bonchev–Trinajstić information content (AvgIpc) is 2.48. The van der Waals surface area contributed by atoms with Gasteiger partial charge < -0.3 is 15.0 Å². The van der Waals surface area contributed by atoms with Crippen LogP contribution >= 0.6 is 0 Å². The van der Waals surface area contributed by atoms with E-state index in [-0.39, 0.29) is 24.0 Å². The lowest BCUT2D eigenvalue weighted by atomic mass is 9.89. The maximum Gasteiger partial charge on any atom is 0.410 e. The van der Waals surface area contributed by atoms with E-state index in [0.29, 0.717) is 12.2 Å². The van der Waals surface area contributed by atoms with Crippen LogP contribution < -0.4 is 5.32 Å². The highest BCUT2D eigenvalue weighted by Gasteiger charge is 2.37. The Balaban J connectivity index is 2.06. The van der Waals surface area contributed by atoms with E-state index in [0.717, 1.165) is 18.4 Å². The smallest absolute Gasteiger partial charge is 0.410 e. The number of carbonyl (C=O) groups is 2. The highest BCUT2D eigenvalue weighted by Crippen LogP contribution is 2.27. The summed E-state index contributed by atoms with van der Waals surface area (Å²) < 4.78 is 5.46. The molecule has 1 fully saturated rings. The number of likely N-dealkylation sites (tertiary alicyclic amines) is 1. The Morgan fingerprint density at radius 2 is 2.08 bits per heavy atom. The second kappa shape index (κ2) is 7.20. The van der Waals surface area contributed by atoms with Crippen molar-refractivity contribution < 1.29 is 14.3 Å². The molecule has 1 aliphatic heterocycles. The van der Waals surface area contributed by atoms with Crippen molar-refractivity contribution in [1.82, 2.24) is 9.88 Å². The van der Waals surface area contributed by atoms with Crippen LogP contribution in [-0.2, 0) is 9.53 Å². The van der Waals surface area contributed by atoms with E-state index >= 15 is 0 Å². The molecule has 2 heterocycles. The molecule has 1 saturated heterocycles. The first-order valence-electron chi connectivity index (χ1n) is 8.40. The molecular weight excluding hydrogens is 306 g/mol. The zero-order chi connectivity index (χ0) is 17.9. The summed E-state index contributed by atoms with van der Waals surface area (Å²) in [5.74, 6) is -0.335. The number of hydrogen-bond donors (Lipinski definition) is 1. The Bertz CT molecular complexity index is 610. The van der Waals surface area contributed by atoms with E-state index in [9.17, 15) is 9.59 Å². The molecule has 6 heteroatoms. The van der Waals surface area contributed by atoms with Gasteiger partial charge in [0.25, 0.3) is 0 Å². The summed E-state index contributed by atoms with van der Waals surface area (Å²) in [6.45, 7) is 9.97. The minimum atomic E-state index is -0.543. The molecule has 6 nitrogen and oxygen atoms in total. The number of pyridine rings is 1. The molecular formula is C18H27N3O3. The van der Waals surface area contributed by atoms with Crippen LogP contribution in [0.15, 0.2) is 18.5 Å². The number of aryl methyl sites for hydroxylation is 1. The number of anilines is 1. The number of hydrogen-bond acceptors (Lipinski definition) is 4. The van der Waals surface area contributed by atoms with E-state index in [2.05, 4.69) is 10.3 Å². The third-order valence-corrected chi connectivity index (χ3v) is 4.25. The first kappa shape index (κ1) is 18.2. The molecule has 2 atom stereocenters. The molecule has 0 spiro atoms. The van der Waals surface area contributed by atoms with Gasteiger partial charge in [-0.25, -0.2) is 4.79 Å². The Morgan fingerprint density at radius 3 is 2.71 bits per heavy atom. The van der Waals surface area contributed by atoms with Crippen molar-refractivity contribution in [1.29, 1.82) is 0 Å². The summed E-state index contributed by atoms with van der Waals surface area (Å²) in [5.41, 5.74) is 1.13. The number of rotatable bonds is 2. The van der Waals surface area contributed by atoms with Gasteiger partial charge in [0.2, 0.25) is 5.91 Å². The van der Waals surface area contributed by atoms with Crippen LogP contribution in [0.1, 0.15) is 46.1 Å². The fourth-order valence-corrected chi connectivity index (χ4v) is 2.89. The molecule has 0 unspecified atom stereocenters. The first-order valence-corrected chi connectivity index (χ1v) is 8.40. The highest BCUT2D eigenvalue weighted by molar-refractivity contribution is 5.93. The van der Waals surface area contributed by atoms with Gasteiger partial charge in [-0.3, -0.25) is 9.78 Å². The normalized spacial score (nSPS) is 21.3. The van der Waals surface area contributed by atoms with Gasteiger partial charge in [0.05, 0.1) is 17.8 Å². The van der Waals surface area contributed by atoms with Crippen molar-refractivity contribution in [3.05, 3.63) is 24.0 Å². The van der Waals surface area contributed by atoms with Gasteiger partial charge in [0.15, 0.2) is 0 Å². The standard InChI is InChI=1S/C18H27N3O3/c1-12-8-9-19-11-15(12)20-16(22)14-7-6-10-21(13(14)2)17(23)24-18(3,4)5/h8-9,11,13-14H,6-7,10H2,1-5H3,(H,20,22)/t13-,14-/m1/s1. The number of nitrogens with zero attached hydrogens (tertiary/aromatic N) is 2. The minimum Gasteiger partial charge on any atom is -0.444 e. The maximum absolute atomic E-state index is 12.7. The minimum absolute atomic E-state index is 0.0770. The van der Waals surface area contributed by atoms with Gasteiger partial charge >= 0.3 is 6.09 Å². The van der Waals surface area contributed by atoms with Crippen molar-refractivity contribution in [3.8, 4) is 0 Å². The summed E-state index contributed by atoms with van der Waals surface area (Å²) >= 11 is 0. The molecule has 1 aromatic heterocycles. The zero-order valence-corrected chi connectivity index (χ0v) is 15.1. The Kier molecular flexibility index (Phi) is 5.47. The van der Waals surface area contributed by atoms with Crippen molar-refractivity contribution in [3.63, 3.8) is 0 Å². The first-order chi connectivity index (χ1) is 11.2. The number of aromatic nitrogens is 1. The third-order valence-electron chi connectivity index (χ3n) is 4.25. The zero-order valence-electron chi connectivity index (χ0n) is 15.1.